The third-order valence-corrected chi connectivity index (χ3v) is 3.48. The maximum atomic E-state index is 12.1. The number of Topliss-reactive ketones (excluding diaryl/α,β-unsaturated/α-hetero) is 1. The van der Waals surface area contributed by atoms with Crippen LogP contribution in [0.25, 0.3) is 0 Å². The maximum absolute atomic E-state index is 12.1. The van der Waals surface area contributed by atoms with Crippen molar-refractivity contribution in [2.75, 3.05) is 5.73 Å². The van der Waals surface area contributed by atoms with Crippen molar-refractivity contribution in [3.63, 3.8) is 0 Å². The van der Waals surface area contributed by atoms with Gasteiger partial charge in [0.1, 0.15) is 5.82 Å². The minimum Gasteiger partial charge on any atom is -0.383 e. The second-order valence-electron chi connectivity index (χ2n) is 3.93. The lowest BCUT2D eigenvalue weighted by Crippen LogP contribution is -2.08. The normalized spacial score (nSPS) is 10.5. The zero-order chi connectivity index (χ0) is 14.0. The van der Waals surface area contributed by atoms with Crippen molar-refractivity contribution in [2.45, 2.75) is 6.42 Å². The Hall–Kier alpha value is -1.29. The predicted octanol–water partition coefficient (Wildman–Crippen LogP) is 4.05. The summed E-state index contributed by atoms with van der Waals surface area (Å²) < 4.78 is 0. The average molecular weight is 316 g/mol. The Kier molecular flexibility index (Phi) is 4.30. The first-order chi connectivity index (χ1) is 8.97. The largest absolute Gasteiger partial charge is 0.383 e. The van der Waals surface area contributed by atoms with Gasteiger partial charge in [0, 0.05) is 12.6 Å². The predicted molar refractivity (Wildman–Crippen MR) is 78.2 cm³/mol. The van der Waals surface area contributed by atoms with Crippen LogP contribution in [0.2, 0.25) is 15.1 Å². The molecule has 1 heterocycles. The lowest BCUT2D eigenvalue weighted by molar-refractivity contribution is 0.0993. The maximum Gasteiger partial charge on any atom is 0.170 e. The van der Waals surface area contributed by atoms with E-state index in [-0.39, 0.29) is 18.0 Å². The van der Waals surface area contributed by atoms with Crippen LogP contribution in [0.3, 0.4) is 0 Å². The molecule has 19 heavy (non-hydrogen) atoms. The summed E-state index contributed by atoms with van der Waals surface area (Å²) in [5.74, 6) is -0.0136. The number of nitrogens with two attached hydrogens (primary N) is 1. The summed E-state index contributed by atoms with van der Waals surface area (Å²) in [4.78, 5) is 16.0. The van der Waals surface area contributed by atoms with E-state index in [1.165, 1.54) is 12.3 Å². The van der Waals surface area contributed by atoms with Crippen molar-refractivity contribution >= 4 is 46.4 Å². The lowest BCUT2D eigenvalue weighted by atomic mass is 10.0. The highest BCUT2D eigenvalue weighted by Gasteiger charge is 2.13. The minimum atomic E-state index is -0.175. The van der Waals surface area contributed by atoms with Crippen molar-refractivity contribution in [1.82, 2.24) is 4.98 Å². The number of ketones is 1. The number of carbonyl (C=O) groups excluding carboxylic acids is 1. The van der Waals surface area contributed by atoms with E-state index >= 15 is 0 Å². The molecule has 0 saturated heterocycles. The van der Waals surface area contributed by atoms with Gasteiger partial charge in [0.15, 0.2) is 5.78 Å². The molecule has 6 heteroatoms. The van der Waals surface area contributed by atoms with E-state index in [1.807, 2.05) is 0 Å². The van der Waals surface area contributed by atoms with Crippen LogP contribution in [-0.2, 0) is 6.42 Å². The number of aromatic nitrogens is 1. The van der Waals surface area contributed by atoms with Gasteiger partial charge in [-0.15, -0.1) is 0 Å². The first-order valence-corrected chi connectivity index (χ1v) is 6.49. The number of pyridine rings is 1. The molecule has 98 valence electrons. The molecular formula is C13H9Cl3N2O. The summed E-state index contributed by atoms with van der Waals surface area (Å²) in [6.07, 6.45) is 1.55. The van der Waals surface area contributed by atoms with E-state index in [0.717, 1.165) is 5.56 Å². The monoisotopic (exact) mass is 314 g/mol. The molecule has 0 bridgehead atoms. The Balaban J connectivity index is 2.25. The van der Waals surface area contributed by atoms with Crippen LogP contribution in [0.5, 0.6) is 0 Å². The van der Waals surface area contributed by atoms with Crippen LogP contribution in [0.4, 0.5) is 5.82 Å². The molecule has 0 unspecified atom stereocenters. The molecule has 0 atom stereocenters. The third-order valence-electron chi connectivity index (χ3n) is 2.53. The highest BCUT2D eigenvalue weighted by Crippen LogP contribution is 2.24. The van der Waals surface area contributed by atoms with Gasteiger partial charge in [0.05, 0.1) is 20.6 Å². The molecule has 0 amide bonds. The summed E-state index contributed by atoms with van der Waals surface area (Å²) in [7, 11) is 0. The molecule has 0 aliphatic rings. The smallest absolute Gasteiger partial charge is 0.170 e. The molecule has 0 radical (unpaired) electrons. The number of halogens is 3. The summed E-state index contributed by atoms with van der Waals surface area (Å²) in [6, 6.07) is 6.53. The molecule has 1 aromatic carbocycles. The third kappa shape index (κ3) is 3.38. The van der Waals surface area contributed by atoms with Crippen LogP contribution >= 0.6 is 34.8 Å². The van der Waals surface area contributed by atoms with Gasteiger partial charge in [-0.2, -0.15) is 0 Å². The Bertz CT molecular complexity index is 644. The van der Waals surface area contributed by atoms with Crippen molar-refractivity contribution in [3.8, 4) is 0 Å². The van der Waals surface area contributed by atoms with Crippen molar-refractivity contribution in [3.05, 3.63) is 56.7 Å². The van der Waals surface area contributed by atoms with Crippen molar-refractivity contribution in [2.24, 2.45) is 0 Å². The number of nitrogen functional groups attached to an aromatic ring is 1. The first-order valence-electron chi connectivity index (χ1n) is 5.35. The molecular weight excluding hydrogens is 307 g/mol. The van der Waals surface area contributed by atoms with E-state index in [9.17, 15) is 4.79 Å². The molecule has 1 aromatic heterocycles. The van der Waals surface area contributed by atoms with Gasteiger partial charge in [0.2, 0.25) is 0 Å². The van der Waals surface area contributed by atoms with E-state index in [1.54, 1.807) is 18.2 Å². The number of carbonyl (C=O) groups is 1. The number of hydrogen-bond donors (Lipinski definition) is 1. The topological polar surface area (TPSA) is 56.0 Å². The van der Waals surface area contributed by atoms with Gasteiger partial charge in [0.25, 0.3) is 0 Å². The molecule has 2 rings (SSSR count). The fraction of sp³-hybridized carbons (Fsp3) is 0.0769. The standard InChI is InChI=1S/C13H9Cl3N2O/c14-8-5-9(13(17)18-6-8)12(19)4-7-1-2-10(15)11(16)3-7/h1-3,5-6H,4H2,(H2,17,18). The highest BCUT2D eigenvalue weighted by atomic mass is 35.5. The highest BCUT2D eigenvalue weighted by molar-refractivity contribution is 6.42. The van der Waals surface area contributed by atoms with E-state index < -0.39 is 0 Å². The van der Waals surface area contributed by atoms with E-state index in [4.69, 9.17) is 40.5 Å². The Morgan fingerprint density at radius 3 is 2.58 bits per heavy atom. The molecule has 0 aliphatic heterocycles. The summed E-state index contributed by atoms with van der Waals surface area (Å²) in [5.41, 5.74) is 6.71. The Morgan fingerprint density at radius 1 is 1.16 bits per heavy atom. The SMILES string of the molecule is Nc1ncc(Cl)cc1C(=O)Cc1ccc(Cl)c(Cl)c1. The lowest BCUT2D eigenvalue weighted by Gasteiger charge is -2.05. The molecule has 2 N–H and O–H groups in total. The van der Waals surface area contributed by atoms with Crippen LogP contribution < -0.4 is 5.73 Å². The zero-order valence-corrected chi connectivity index (χ0v) is 11.9. The second kappa shape index (κ2) is 5.78. The molecule has 0 fully saturated rings. The van der Waals surface area contributed by atoms with Crippen LogP contribution in [0.1, 0.15) is 15.9 Å². The van der Waals surface area contributed by atoms with E-state index in [2.05, 4.69) is 4.98 Å². The minimum absolute atomic E-state index is 0.156. The summed E-state index contributed by atoms with van der Waals surface area (Å²) >= 11 is 17.5. The number of benzene rings is 1. The molecule has 2 aromatic rings. The Morgan fingerprint density at radius 2 is 1.89 bits per heavy atom. The van der Waals surface area contributed by atoms with Crippen LogP contribution in [-0.4, -0.2) is 10.8 Å². The molecule has 0 saturated carbocycles. The zero-order valence-electron chi connectivity index (χ0n) is 9.66. The van der Waals surface area contributed by atoms with Gasteiger partial charge in [-0.3, -0.25) is 4.79 Å². The van der Waals surface area contributed by atoms with Gasteiger partial charge in [-0.25, -0.2) is 4.98 Å². The van der Waals surface area contributed by atoms with E-state index in [0.29, 0.717) is 20.6 Å². The number of anilines is 1. The van der Waals surface area contributed by atoms with Gasteiger partial charge in [-0.1, -0.05) is 40.9 Å². The second-order valence-corrected chi connectivity index (χ2v) is 5.19. The summed E-state index contributed by atoms with van der Waals surface area (Å²) in [6.45, 7) is 0. The fourth-order valence-corrected chi connectivity index (χ4v) is 2.08. The van der Waals surface area contributed by atoms with Crippen LogP contribution in [0.15, 0.2) is 30.5 Å². The van der Waals surface area contributed by atoms with Crippen molar-refractivity contribution < 1.29 is 4.79 Å². The van der Waals surface area contributed by atoms with Crippen LogP contribution in [0, 0.1) is 0 Å². The molecule has 3 nitrogen and oxygen atoms in total. The molecule has 0 spiro atoms. The number of nitrogens with zero attached hydrogens (tertiary/aromatic N) is 1. The molecule has 0 aliphatic carbocycles. The fourth-order valence-electron chi connectivity index (χ4n) is 1.60. The number of hydrogen-bond acceptors (Lipinski definition) is 3. The van der Waals surface area contributed by atoms with Gasteiger partial charge < -0.3 is 5.73 Å². The number of rotatable bonds is 3. The summed E-state index contributed by atoms with van der Waals surface area (Å²) in [5, 5.41) is 1.22. The average Bonchev–Trinajstić information content (AvgIpc) is 2.36. The van der Waals surface area contributed by atoms with Gasteiger partial charge >= 0.3 is 0 Å². The quantitative estimate of drug-likeness (QED) is 0.869. The Labute approximate surface area is 125 Å². The first kappa shape index (κ1) is 14.1. The van der Waals surface area contributed by atoms with Crippen molar-refractivity contribution in [1.29, 1.82) is 0 Å². The van der Waals surface area contributed by atoms with Gasteiger partial charge in [-0.05, 0) is 23.8 Å².